The lowest BCUT2D eigenvalue weighted by molar-refractivity contribution is 0.177. The molecule has 0 aliphatic carbocycles. The van der Waals surface area contributed by atoms with Crippen LogP contribution in [0.1, 0.15) is 34.1 Å². The number of ether oxygens (including phenoxy) is 1. The Morgan fingerprint density at radius 1 is 1.15 bits per heavy atom. The summed E-state index contributed by atoms with van der Waals surface area (Å²) in [6, 6.07) is 7.94. The molecule has 20 heavy (non-hydrogen) atoms. The van der Waals surface area contributed by atoms with Gasteiger partial charge < -0.3 is 9.84 Å². The molecule has 2 rings (SSSR count). The molecule has 1 unspecified atom stereocenters. The molecule has 0 spiro atoms. The standard InChI is InChI=1S/C17H21NO2/c1-11-5-7-14(8-6-11)16(19)9-15-13(3)17(20-4)12(2)10-18-15/h5-8,10,16,19H,9H2,1-4H3. The van der Waals surface area contributed by atoms with Crippen molar-refractivity contribution in [2.24, 2.45) is 0 Å². The van der Waals surface area contributed by atoms with Crippen LogP contribution in [0.5, 0.6) is 5.75 Å². The van der Waals surface area contributed by atoms with Gasteiger partial charge in [0.15, 0.2) is 0 Å². The Balaban J connectivity index is 2.23. The summed E-state index contributed by atoms with van der Waals surface area (Å²) >= 11 is 0. The normalized spacial score (nSPS) is 12.2. The van der Waals surface area contributed by atoms with Gasteiger partial charge in [-0.25, -0.2) is 0 Å². The first-order chi connectivity index (χ1) is 9.52. The molecule has 106 valence electrons. The molecule has 0 saturated carbocycles. The number of pyridine rings is 1. The summed E-state index contributed by atoms with van der Waals surface area (Å²) in [7, 11) is 1.66. The molecule has 0 bridgehead atoms. The topological polar surface area (TPSA) is 42.4 Å². The highest BCUT2D eigenvalue weighted by molar-refractivity contribution is 5.41. The Morgan fingerprint density at radius 2 is 1.80 bits per heavy atom. The van der Waals surface area contributed by atoms with Crippen LogP contribution in [-0.2, 0) is 6.42 Å². The Hall–Kier alpha value is -1.87. The third-order valence-corrected chi connectivity index (χ3v) is 3.60. The van der Waals surface area contributed by atoms with Gasteiger partial charge in [-0.3, -0.25) is 4.98 Å². The lowest BCUT2D eigenvalue weighted by atomic mass is 10.0. The first-order valence-corrected chi connectivity index (χ1v) is 6.76. The average molecular weight is 271 g/mol. The first-order valence-electron chi connectivity index (χ1n) is 6.76. The number of hydrogen-bond acceptors (Lipinski definition) is 3. The molecule has 3 heteroatoms. The zero-order valence-electron chi connectivity index (χ0n) is 12.5. The fraction of sp³-hybridized carbons (Fsp3) is 0.353. The van der Waals surface area contributed by atoms with Gasteiger partial charge in [-0.2, -0.15) is 0 Å². The SMILES string of the molecule is COc1c(C)cnc(CC(O)c2ccc(C)cc2)c1C. The van der Waals surface area contributed by atoms with Gasteiger partial charge in [0.25, 0.3) is 0 Å². The molecule has 0 fully saturated rings. The molecule has 0 saturated heterocycles. The van der Waals surface area contributed by atoms with Crippen molar-refractivity contribution >= 4 is 0 Å². The maximum atomic E-state index is 10.3. The van der Waals surface area contributed by atoms with Crippen LogP contribution in [0, 0.1) is 20.8 Å². The molecule has 0 aliphatic heterocycles. The molecule has 1 heterocycles. The van der Waals surface area contributed by atoms with Gasteiger partial charge in [-0.1, -0.05) is 29.8 Å². The summed E-state index contributed by atoms with van der Waals surface area (Å²) < 4.78 is 5.40. The first kappa shape index (κ1) is 14.5. The largest absolute Gasteiger partial charge is 0.496 e. The van der Waals surface area contributed by atoms with Gasteiger partial charge in [-0.15, -0.1) is 0 Å². The number of benzene rings is 1. The lowest BCUT2D eigenvalue weighted by Gasteiger charge is -2.15. The van der Waals surface area contributed by atoms with E-state index in [1.165, 1.54) is 5.56 Å². The molecule has 0 radical (unpaired) electrons. The van der Waals surface area contributed by atoms with E-state index in [1.807, 2.05) is 45.0 Å². The predicted molar refractivity (Wildman–Crippen MR) is 80.1 cm³/mol. The fourth-order valence-electron chi connectivity index (χ4n) is 2.37. The molecule has 1 atom stereocenters. The highest BCUT2D eigenvalue weighted by Gasteiger charge is 2.14. The van der Waals surface area contributed by atoms with Crippen molar-refractivity contribution in [1.82, 2.24) is 4.98 Å². The molecule has 1 aromatic carbocycles. The number of aliphatic hydroxyl groups is 1. The Bertz CT molecular complexity index is 591. The second-order valence-corrected chi connectivity index (χ2v) is 5.18. The van der Waals surface area contributed by atoms with Gasteiger partial charge in [0, 0.05) is 29.4 Å². The van der Waals surface area contributed by atoms with Crippen LogP contribution in [0.4, 0.5) is 0 Å². The van der Waals surface area contributed by atoms with E-state index in [2.05, 4.69) is 4.98 Å². The number of aliphatic hydroxyl groups excluding tert-OH is 1. The molecule has 3 nitrogen and oxygen atoms in total. The molecule has 1 aromatic heterocycles. The van der Waals surface area contributed by atoms with Crippen LogP contribution in [0.3, 0.4) is 0 Å². The van der Waals surface area contributed by atoms with E-state index in [0.29, 0.717) is 6.42 Å². The minimum Gasteiger partial charge on any atom is -0.496 e. The number of hydrogen-bond donors (Lipinski definition) is 1. The van der Waals surface area contributed by atoms with Crippen LogP contribution in [0.2, 0.25) is 0 Å². The third kappa shape index (κ3) is 2.99. The van der Waals surface area contributed by atoms with Crippen molar-refractivity contribution in [2.45, 2.75) is 33.3 Å². The highest BCUT2D eigenvalue weighted by atomic mass is 16.5. The zero-order chi connectivity index (χ0) is 14.7. The minimum atomic E-state index is -0.547. The van der Waals surface area contributed by atoms with Crippen LogP contribution in [0.25, 0.3) is 0 Å². The minimum absolute atomic E-state index is 0.492. The number of rotatable bonds is 4. The predicted octanol–water partition coefficient (Wildman–Crippen LogP) is 3.29. The highest BCUT2D eigenvalue weighted by Crippen LogP contribution is 2.27. The van der Waals surface area contributed by atoms with Gasteiger partial charge >= 0.3 is 0 Å². The summed E-state index contributed by atoms with van der Waals surface area (Å²) in [4.78, 5) is 4.43. The van der Waals surface area contributed by atoms with E-state index >= 15 is 0 Å². The van der Waals surface area contributed by atoms with Gasteiger partial charge in [0.2, 0.25) is 0 Å². The molecule has 2 aromatic rings. The van der Waals surface area contributed by atoms with Crippen molar-refractivity contribution in [2.75, 3.05) is 7.11 Å². The quantitative estimate of drug-likeness (QED) is 0.927. The van der Waals surface area contributed by atoms with Crippen LogP contribution >= 0.6 is 0 Å². The van der Waals surface area contributed by atoms with Crippen molar-refractivity contribution in [1.29, 1.82) is 0 Å². The average Bonchev–Trinajstić information content (AvgIpc) is 2.43. The second-order valence-electron chi connectivity index (χ2n) is 5.18. The second kappa shape index (κ2) is 6.06. The molecule has 1 N–H and O–H groups in total. The van der Waals surface area contributed by atoms with E-state index < -0.39 is 6.10 Å². The number of nitrogens with zero attached hydrogens (tertiary/aromatic N) is 1. The van der Waals surface area contributed by atoms with Crippen LogP contribution in [-0.4, -0.2) is 17.2 Å². The van der Waals surface area contributed by atoms with Crippen LogP contribution in [0.15, 0.2) is 30.5 Å². The van der Waals surface area contributed by atoms with Crippen molar-refractivity contribution in [3.05, 3.63) is 58.4 Å². The van der Waals surface area contributed by atoms with E-state index in [-0.39, 0.29) is 0 Å². The van der Waals surface area contributed by atoms with E-state index in [0.717, 1.165) is 28.1 Å². The third-order valence-electron chi connectivity index (χ3n) is 3.60. The van der Waals surface area contributed by atoms with Crippen molar-refractivity contribution in [3.63, 3.8) is 0 Å². The monoisotopic (exact) mass is 271 g/mol. The molecular weight excluding hydrogens is 250 g/mol. The maximum absolute atomic E-state index is 10.3. The fourth-order valence-corrected chi connectivity index (χ4v) is 2.37. The van der Waals surface area contributed by atoms with E-state index in [9.17, 15) is 5.11 Å². The summed E-state index contributed by atoms with van der Waals surface area (Å²) in [6.45, 7) is 5.99. The zero-order valence-corrected chi connectivity index (χ0v) is 12.5. The van der Waals surface area contributed by atoms with Gasteiger partial charge in [-0.05, 0) is 26.3 Å². The summed E-state index contributed by atoms with van der Waals surface area (Å²) in [6.07, 6.45) is 1.74. The number of aryl methyl sites for hydroxylation is 2. The summed E-state index contributed by atoms with van der Waals surface area (Å²) in [5.74, 6) is 0.853. The van der Waals surface area contributed by atoms with Crippen molar-refractivity contribution in [3.8, 4) is 5.75 Å². The summed E-state index contributed by atoms with van der Waals surface area (Å²) in [5, 5.41) is 10.3. The number of methoxy groups -OCH3 is 1. The Labute approximate surface area is 120 Å². The molecule has 0 aliphatic rings. The van der Waals surface area contributed by atoms with E-state index in [4.69, 9.17) is 4.74 Å². The molecule has 0 amide bonds. The van der Waals surface area contributed by atoms with E-state index in [1.54, 1.807) is 13.3 Å². The lowest BCUT2D eigenvalue weighted by Crippen LogP contribution is -2.07. The summed E-state index contributed by atoms with van der Waals surface area (Å²) in [5.41, 5.74) is 4.99. The molecular formula is C17H21NO2. The number of aromatic nitrogens is 1. The smallest absolute Gasteiger partial charge is 0.128 e. The van der Waals surface area contributed by atoms with Crippen LogP contribution < -0.4 is 4.74 Å². The van der Waals surface area contributed by atoms with Gasteiger partial charge in [0.05, 0.1) is 13.2 Å². The Kier molecular flexibility index (Phi) is 4.40. The van der Waals surface area contributed by atoms with Crippen molar-refractivity contribution < 1.29 is 9.84 Å². The van der Waals surface area contributed by atoms with Gasteiger partial charge in [0.1, 0.15) is 5.75 Å². The Morgan fingerprint density at radius 3 is 2.40 bits per heavy atom. The maximum Gasteiger partial charge on any atom is 0.128 e.